The van der Waals surface area contributed by atoms with Gasteiger partial charge in [0.25, 0.3) is 0 Å². The second kappa shape index (κ2) is 12.9. The van der Waals surface area contributed by atoms with Crippen LogP contribution in [-0.4, -0.2) is 46.7 Å². The maximum atomic E-state index is 12.4. The third-order valence-electron chi connectivity index (χ3n) is 4.88. The molecule has 1 aliphatic heterocycles. The molecule has 1 N–H and O–H groups in total. The molecule has 1 fully saturated rings. The van der Waals surface area contributed by atoms with Crippen molar-refractivity contribution in [2.75, 3.05) is 6.54 Å². The highest BCUT2D eigenvalue weighted by molar-refractivity contribution is 5.78. The predicted octanol–water partition coefficient (Wildman–Crippen LogP) is 3.65. The Hall–Kier alpha value is -2.58. The van der Waals surface area contributed by atoms with Crippen molar-refractivity contribution in [3.8, 4) is 11.8 Å². The summed E-state index contributed by atoms with van der Waals surface area (Å²) in [5.74, 6) is 6.02. The van der Waals surface area contributed by atoms with Crippen LogP contribution in [0.3, 0.4) is 0 Å². The Labute approximate surface area is 180 Å². The highest BCUT2D eigenvalue weighted by Gasteiger charge is 2.25. The van der Waals surface area contributed by atoms with Crippen molar-refractivity contribution in [3.05, 3.63) is 48.0 Å². The minimum absolute atomic E-state index is 0.0352. The molecule has 1 amide bonds. The van der Waals surface area contributed by atoms with E-state index in [1.807, 2.05) is 50.3 Å². The maximum absolute atomic E-state index is 12.4. The van der Waals surface area contributed by atoms with E-state index in [-0.39, 0.29) is 24.0 Å². The Kier molecular flexibility index (Phi) is 10.2. The second-order valence-corrected chi connectivity index (χ2v) is 7.87. The number of nitrogens with zero attached hydrogens (tertiary/aromatic N) is 1. The van der Waals surface area contributed by atoms with Gasteiger partial charge in [0.05, 0.1) is 24.8 Å². The number of likely N-dealkylation sites (tertiary alicyclic amines) is 1. The molecule has 1 unspecified atom stereocenters. The van der Waals surface area contributed by atoms with E-state index >= 15 is 0 Å². The molecular formula is C25H33NO4. The first-order chi connectivity index (χ1) is 14.5. The molecule has 0 bridgehead atoms. The van der Waals surface area contributed by atoms with Crippen LogP contribution in [-0.2, 0) is 20.7 Å². The van der Waals surface area contributed by atoms with Gasteiger partial charge in [-0.3, -0.25) is 9.59 Å². The maximum Gasteiger partial charge on any atom is 0.306 e. The smallest absolute Gasteiger partial charge is 0.306 e. The lowest BCUT2D eigenvalue weighted by Crippen LogP contribution is -2.42. The lowest BCUT2D eigenvalue weighted by molar-refractivity contribution is -0.147. The highest BCUT2D eigenvalue weighted by atomic mass is 16.5. The summed E-state index contributed by atoms with van der Waals surface area (Å²) < 4.78 is 5.10. The van der Waals surface area contributed by atoms with Gasteiger partial charge >= 0.3 is 5.97 Å². The zero-order valence-corrected chi connectivity index (χ0v) is 18.0. The van der Waals surface area contributed by atoms with Crippen LogP contribution in [0, 0.1) is 11.8 Å². The van der Waals surface area contributed by atoms with Crippen molar-refractivity contribution in [1.82, 2.24) is 4.90 Å². The van der Waals surface area contributed by atoms with Crippen molar-refractivity contribution in [2.45, 2.75) is 77.0 Å². The molecule has 1 aromatic carbocycles. The number of hydrogen-bond acceptors (Lipinski definition) is 4. The van der Waals surface area contributed by atoms with Gasteiger partial charge in [0.1, 0.15) is 0 Å². The molecule has 1 aliphatic rings. The Morgan fingerprint density at radius 3 is 2.80 bits per heavy atom. The van der Waals surface area contributed by atoms with Crippen LogP contribution in [0.15, 0.2) is 42.5 Å². The van der Waals surface area contributed by atoms with Gasteiger partial charge in [0.15, 0.2) is 0 Å². The first-order valence-electron chi connectivity index (χ1n) is 10.8. The third kappa shape index (κ3) is 8.84. The number of amides is 1. The molecule has 30 heavy (non-hydrogen) atoms. The van der Waals surface area contributed by atoms with Gasteiger partial charge in [0.2, 0.25) is 5.91 Å². The summed E-state index contributed by atoms with van der Waals surface area (Å²) in [5, 5.41) is 10.3. The van der Waals surface area contributed by atoms with E-state index in [2.05, 4.69) is 11.8 Å². The lowest BCUT2D eigenvalue weighted by atomic mass is 9.99. The standard InChI is InChI=1S/C25H33NO4/c1-20(2)30-25(29)15-8-3-4-9-18-26-22(13-10-14-24(26)28)16-17-23(27)19-21-11-6-5-7-12-21/h5-7,11-12,16-17,20,22-23,27H,3,8,10,13-15,18-19H2,1-2H3/t22?,23-/m0/s1. The van der Waals surface area contributed by atoms with E-state index in [0.29, 0.717) is 38.6 Å². The summed E-state index contributed by atoms with van der Waals surface area (Å²) >= 11 is 0. The van der Waals surface area contributed by atoms with Crippen molar-refractivity contribution < 1.29 is 19.4 Å². The molecule has 0 aliphatic carbocycles. The second-order valence-electron chi connectivity index (χ2n) is 7.87. The minimum Gasteiger partial charge on any atom is -0.463 e. The summed E-state index contributed by atoms with van der Waals surface area (Å²) in [7, 11) is 0. The molecule has 0 radical (unpaired) electrons. The number of aliphatic hydroxyl groups is 1. The molecule has 1 heterocycles. The van der Waals surface area contributed by atoms with E-state index in [4.69, 9.17) is 4.74 Å². The molecule has 5 nitrogen and oxygen atoms in total. The van der Waals surface area contributed by atoms with Gasteiger partial charge < -0.3 is 14.7 Å². The molecule has 162 valence electrons. The summed E-state index contributed by atoms with van der Waals surface area (Å²) in [6.07, 6.45) is 7.50. The Morgan fingerprint density at radius 1 is 1.30 bits per heavy atom. The quantitative estimate of drug-likeness (QED) is 0.292. The van der Waals surface area contributed by atoms with Crippen LogP contribution in [0.4, 0.5) is 0 Å². The Bertz CT molecular complexity index is 760. The summed E-state index contributed by atoms with van der Waals surface area (Å²) in [4.78, 5) is 25.7. The molecule has 5 heteroatoms. The third-order valence-corrected chi connectivity index (χ3v) is 4.88. The number of piperidine rings is 1. The number of rotatable bonds is 9. The number of hydrogen-bond donors (Lipinski definition) is 1. The SMILES string of the molecule is CC(C)OC(=O)CCCC#CCN1C(=O)CCCC1C=C[C@H](O)Cc1ccccc1. The Balaban J connectivity index is 1.81. The zero-order chi connectivity index (χ0) is 21.8. The average molecular weight is 412 g/mol. The van der Waals surface area contributed by atoms with Gasteiger partial charge in [-0.2, -0.15) is 0 Å². The molecule has 2 atom stereocenters. The number of carbonyl (C=O) groups is 2. The molecule has 0 aromatic heterocycles. The number of esters is 1. The highest BCUT2D eigenvalue weighted by Crippen LogP contribution is 2.19. The molecular weight excluding hydrogens is 378 g/mol. The van der Waals surface area contributed by atoms with Crippen LogP contribution < -0.4 is 0 Å². The van der Waals surface area contributed by atoms with Crippen molar-refractivity contribution in [2.24, 2.45) is 0 Å². The normalized spacial score (nSPS) is 17.7. The Morgan fingerprint density at radius 2 is 2.07 bits per heavy atom. The predicted molar refractivity (Wildman–Crippen MR) is 117 cm³/mol. The van der Waals surface area contributed by atoms with Crippen molar-refractivity contribution in [1.29, 1.82) is 0 Å². The number of aliphatic hydroxyl groups excluding tert-OH is 1. The fraction of sp³-hybridized carbons (Fsp3) is 0.520. The van der Waals surface area contributed by atoms with Crippen LogP contribution in [0.5, 0.6) is 0 Å². The number of ether oxygens (including phenoxy) is 1. The lowest BCUT2D eigenvalue weighted by Gasteiger charge is -2.32. The fourth-order valence-electron chi connectivity index (χ4n) is 3.40. The topological polar surface area (TPSA) is 66.8 Å². The fourth-order valence-corrected chi connectivity index (χ4v) is 3.40. The molecule has 1 aromatic rings. The molecule has 1 saturated heterocycles. The summed E-state index contributed by atoms with van der Waals surface area (Å²) in [6.45, 7) is 4.04. The first kappa shape index (κ1) is 23.7. The van der Waals surface area contributed by atoms with Crippen LogP contribution >= 0.6 is 0 Å². The van der Waals surface area contributed by atoms with Crippen molar-refractivity contribution in [3.63, 3.8) is 0 Å². The number of benzene rings is 1. The average Bonchev–Trinajstić information content (AvgIpc) is 2.70. The van der Waals surface area contributed by atoms with Crippen LogP contribution in [0.2, 0.25) is 0 Å². The zero-order valence-electron chi connectivity index (χ0n) is 18.0. The van der Waals surface area contributed by atoms with Gasteiger partial charge in [0, 0.05) is 25.7 Å². The van der Waals surface area contributed by atoms with Gasteiger partial charge in [-0.05, 0) is 38.7 Å². The van der Waals surface area contributed by atoms with Gasteiger partial charge in [-0.15, -0.1) is 5.92 Å². The van der Waals surface area contributed by atoms with E-state index in [9.17, 15) is 14.7 Å². The van der Waals surface area contributed by atoms with E-state index in [1.165, 1.54) is 0 Å². The van der Waals surface area contributed by atoms with Gasteiger partial charge in [-0.25, -0.2) is 0 Å². The monoisotopic (exact) mass is 411 g/mol. The van der Waals surface area contributed by atoms with Crippen LogP contribution in [0.25, 0.3) is 0 Å². The molecule has 2 rings (SSSR count). The first-order valence-corrected chi connectivity index (χ1v) is 10.8. The van der Waals surface area contributed by atoms with E-state index in [0.717, 1.165) is 18.4 Å². The number of unbranched alkanes of at least 4 members (excludes halogenated alkanes) is 1. The molecule has 0 spiro atoms. The van der Waals surface area contributed by atoms with E-state index < -0.39 is 6.10 Å². The van der Waals surface area contributed by atoms with Gasteiger partial charge in [-0.1, -0.05) is 48.4 Å². The largest absolute Gasteiger partial charge is 0.463 e. The summed E-state index contributed by atoms with van der Waals surface area (Å²) in [6, 6.07) is 9.82. The van der Waals surface area contributed by atoms with Crippen molar-refractivity contribution >= 4 is 11.9 Å². The molecule has 0 saturated carbocycles. The van der Waals surface area contributed by atoms with Crippen LogP contribution in [0.1, 0.15) is 57.9 Å². The summed E-state index contributed by atoms with van der Waals surface area (Å²) in [5.41, 5.74) is 1.08. The van der Waals surface area contributed by atoms with E-state index in [1.54, 1.807) is 11.0 Å². The minimum atomic E-state index is -0.581. The number of carbonyl (C=O) groups excluding carboxylic acids is 2.